The topological polar surface area (TPSA) is 101 Å². The molecule has 9 heteroatoms. The van der Waals surface area contributed by atoms with Crippen molar-refractivity contribution in [2.24, 2.45) is 0 Å². The number of carboxylic acid groups (broad SMARTS) is 1. The van der Waals surface area contributed by atoms with Gasteiger partial charge >= 0.3 is 5.97 Å². The third-order valence-electron chi connectivity index (χ3n) is 2.77. The van der Waals surface area contributed by atoms with Crippen molar-refractivity contribution in [2.45, 2.75) is 24.1 Å². The molecule has 2 aromatic heterocycles. The summed E-state index contributed by atoms with van der Waals surface area (Å²) in [6.45, 7) is 2.46. The van der Waals surface area contributed by atoms with Crippen LogP contribution in [0, 0.1) is 6.92 Å². The van der Waals surface area contributed by atoms with Gasteiger partial charge in [0.05, 0.1) is 0 Å². The van der Waals surface area contributed by atoms with E-state index in [0.717, 1.165) is 11.3 Å². The van der Waals surface area contributed by atoms with Crippen molar-refractivity contribution in [3.63, 3.8) is 0 Å². The zero-order valence-electron chi connectivity index (χ0n) is 11.3. The molecule has 0 radical (unpaired) electrons. The Morgan fingerprint density at radius 2 is 2.29 bits per heavy atom. The van der Waals surface area contributed by atoms with Gasteiger partial charge in [0.25, 0.3) is 0 Å². The minimum Gasteiger partial charge on any atom is -0.477 e. The van der Waals surface area contributed by atoms with Crippen molar-refractivity contribution < 1.29 is 18.3 Å². The van der Waals surface area contributed by atoms with Crippen LogP contribution in [0.15, 0.2) is 28.7 Å². The van der Waals surface area contributed by atoms with Crippen LogP contribution in [0.4, 0.5) is 0 Å². The van der Waals surface area contributed by atoms with Crippen LogP contribution < -0.4 is 4.72 Å². The first kappa shape index (κ1) is 15.7. The largest absolute Gasteiger partial charge is 0.477 e. The Labute approximate surface area is 126 Å². The fourth-order valence-electron chi connectivity index (χ4n) is 1.75. The third kappa shape index (κ3) is 3.90. The summed E-state index contributed by atoms with van der Waals surface area (Å²) in [6.07, 6.45) is 4.05. The summed E-state index contributed by atoms with van der Waals surface area (Å²) in [7, 11) is -3.66. The van der Waals surface area contributed by atoms with Gasteiger partial charge in [-0.15, -0.1) is 11.3 Å². The summed E-state index contributed by atoms with van der Waals surface area (Å²) in [5, 5.41) is 13.0. The average Bonchev–Trinajstić information content (AvgIpc) is 3.04. The summed E-state index contributed by atoms with van der Waals surface area (Å²) in [5.74, 6) is -1.11. The molecule has 0 saturated carbocycles. The molecule has 2 N–H and O–H groups in total. The van der Waals surface area contributed by atoms with Gasteiger partial charge in [-0.3, -0.25) is 4.68 Å². The lowest BCUT2D eigenvalue weighted by Gasteiger charge is -2.04. The fourth-order valence-corrected chi connectivity index (χ4v) is 4.25. The molecule has 0 saturated heterocycles. The van der Waals surface area contributed by atoms with Crippen molar-refractivity contribution in [3.05, 3.63) is 35.0 Å². The van der Waals surface area contributed by atoms with E-state index in [0.29, 0.717) is 18.5 Å². The Kier molecular flexibility index (Phi) is 4.76. The lowest BCUT2D eigenvalue weighted by atomic mass is 10.3. The number of aryl methyl sites for hydroxylation is 2. The van der Waals surface area contributed by atoms with Gasteiger partial charge in [0.1, 0.15) is 9.09 Å². The molecule has 0 unspecified atom stereocenters. The van der Waals surface area contributed by atoms with E-state index in [1.165, 1.54) is 6.07 Å². The molecule has 0 aromatic carbocycles. The standard InChI is InChI=1S/C12H15N3O4S2/c1-9-8-10(20-11(9)12(16)17)21(18,19)14-5-3-7-15-6-2-4-13-15/h2,4,6,8,14H,3,5,7H2,1H3,(H,16,17). The normalized spacial score (nSPS) is 11.7. The highest BCUT2D eigenvalue weighted by atomic mass is 32.2. The summed E-state index contributed by atoms with van der Waals surface area (Å²) >= 11 is 0.763. The van der Waals surface area contributed by atoms with E-state index < -0.39 is 16.0 Å². The molecule has 0 aliphatic rings. The number of sulfonamides is 1. The van der Waals surface area contributed by atoms with Crippen LogP contribution in [0.2, 0.25) is 0 Å². The molecule has 0 fully saturated rings. The Morgan fingerprint density at radius 3 is 2.86 bits per heavy atom. The number of hydrogen-bond acceptors (Lipinski definition) is 5. The molecular formula is C12H15N3O4S2. The van der Waals surface area contributed by atoms with Crippen LogP contribution in [0.5, 0.6) is 0 Å². The number of nitrogens with one attached hydrogen (secondary N) is 1. The Morgan fingerprint density at radius 1 is 1.52 bits per heavy atom. The second-order valence-electron chi connectivity index (χ2n) is 4.40. The van der Waals surface area contributed by atoms with Crippen molar-refractivity contribution >= 4 is 27.3 Å². The number of aromatic carboxylic acids is 1. The second kappa shape index (κ2) is 6.37. The van der Waals surface area contributed by atoms with Gasteiger partial charge in [0.15, 0.2) is 0 Å². The molecule has 0 aliphatic carbocycles. The Balaban J connectivity index is 1.95. The molecule has 0 bridgehead atoms. The molecule has 2 rings (SSSR count). The lowest BCUT2D eigenvalue weighted by Crippen LogP contribution is -2.24. The highest BCUT2D eigenvalue weighted by Gasteiger charge is 2.21. The maximum Gasteiger partial charge on any atom is 0.346 e. The van der Waals surface area contributed by atoms with Gasteiger partial charge in [-0.2, -0.15) is 5.10 Å². The molecular weight excluding hydrogens is 314 g/mol. The molecule has 2 heterocycles. The first-order valence-corrected chi connectivity index (χ1v) is 8.51. The SMILES string of the molecule is Cc1cc(S(=O)(=O)NCCCn2cccn2)sc1C(=O)O. The number of nitrogens with zero attached hydrogens (tertiary/aromatic N) is 2. The molecule has 2 aromatic rings. The van der Waals surface area contributed by atoms with Crippen molar-refractivity contribution in [1.29, 1.82) is 0 Å². The van der Waals surface area contributed by atoms with Crippen molar-refractivity contribution in [3.8, 4) is 0 Å². The van der Waals surface area contributed by atoms with Gasteiger partial charge < -0.3 is 5.11 Å². The van der Waals surface area contributed by atoms with Gasteiger partial charge in [-0.05, 0) is 31.0 Å². The summed E-state index contributed by atoms with van der Waals surface area (Å²) < 4.78 is 28.3. The van der Waals surface area contributed by atoms with Crippen LogP contribution in [-0.2, 0) is 16.6 Å². The molecule has 21 heavy (non-hydrogen) atoms. The number of carboxylic acids is 1. The van der Waals surface area contributed by atoms with Crippen LogP contribution in [0.3, 0.4) is 0 Å². The maximum absolute atomic E-state index is 12.1. The molecule has 0 aliphatic heterocycles. The minimum atomic E-state index is -3.66. The van der Waals surface area contributed by atoms with Crippen LogP contribution in [0.25, 0.3) is 0 Å². The van der Waals surface area contributed by atoms with Gasteiger partial charge in [-0.1, -0.05) is 0 Å². The van der Waals surface area contributed by atoms with Crippen LogP contribution in [0.1, 0.15) is 21.7 Å². The zero-order valence-corrected chi connectivity index (χ0v) is 12.9. The second-order valence-corrected chi connectivity index (χ2v) is 7.45. The number of rotatable bonds is 7. The molecule has 0 spiro atoms. The van der Waals surface area contributed by atoms with Crippen LogP contribution in [-0.4, -0.2) is 35.8 Å². The predicted octanol–water partition coefficient (Wildman–Crippen LogP) is 1.32. The Bertz CT molecular complexity index is 720. The van der Waals surface area contributed by atoms with Crippen LogP contribution >= 0.6 is 11.3 Å². The molecule has 0 amide bonds. The highest BCUT2D eigenvalue weighted by molar-refractivity contribution is 7.91. The number of carbonyl (C=O) groups is 1. The highest BCUT2D eigenvalue weighted by Crippen LogP contribution is 2.25. The fraction of sp³-hybridized carbons (Fsp3) is 0.333. The predicted molar refractivity (Wildman–Crippen MR) is 78.0 cm³/mol. The third-order valence-corrected chi connectivity index (χ3v) is 5.93. The zero-order chi connectivity index (χ0) is 15.5. The minimum absolute atomic E-state index is 0.0245. The van der Waals surface area contributed by atoms with Gasteiger partial charge in [0, 0.05) is 25.5 Å². The van der Waals surface area contributed by atoms with E-state index in [9.17, 15) is 13.2 Å². The maximum atomic E-state index is 12.1. The molecule has 114 valence electrons. The molecule has 7 nitrogen and oxygen atoms in total. The van der Waals surface area contributed by atoms with E-state index in [4.69, 9.17) is 5.11 Å². The van der Waals surface area contributed by atoms with E-state index in [1.807, 2.05) is 0 Å². The van der Waals surface area contributed by atoms with Gasteiger partial charge in [-0.25, -0.2) is 17.9 Å². The van der Waals surface area contributed by atoms with E-state index >= 15 is 0 Å². The van der Waals surface area contributed by atoms with Crippen molar-refractivity contribution in [2.75, 3.05) is 6.54 Å². The first-order chi connectivity index (χ1) is 9.90. The van der Waals surface area contributed by atoms with Crippen molar-refractivity contribution in [1.82, 2.24) is 14.5 Å². The number of thiophene rings is 1. The monoisotopic (exact) mass is 329 g/mol. The smallest absolute Gasteiger partial charge is 0.346 e. The van der Waals surface area contributed by atoms with E-state index in [2.05, 4.69) is 9.82 Å². The van der Waals surface area contributed by atoms with E-state index in [1.54, 1.807) is 30.1 Å². The lowest BCUT2D eigenvalue weighted by molar-refractivity contribution is 0.0701. The summed E-state index contributed by atoms with van der Waals surface area (Å²) in [4.78, 5) is 11.0. The average molecular weight is 329 g/mol. The summed E-state index contributed by atoms with van der Waals surface area (Å²) in [6, 6.07) is 3.18. The molecule has 0 atom stereocenters. The van der Waals surface area contributed by atoms with E-state index in [-0.39, 0.29) is 15.6 Å². The first-order valence-electron chi connectivity index (χ1n) is 6.21. The Hall–Kier alpha value is -1.71. The number of hydrogen-bond donors (Lipinski definition) is 2. The van der Waals surface area contributed by atoms with Gasteiger partial charge in [0.2, 0.25) is 10.0 Å². The number of aromatic nitrogens is 2. The summed E-state index contributed by atoms with van der Waals surface area (Å²) in [5.41, 5.74) is 0.449. The quantitative estimate of drug-likeness (QED) is 0.746.